The van der Waals surface area contributed by atoms with Gasteiger partial charge in [0, 0.05) is 25.3 Å². The Morgan fingerprint density at radius 1 is 1.06 bits per heavy atom. The third-order valence-electron chi connectivity index (χ3n) is 4.38. The van der Waals surface area contributed by atoms with E-state index in [1.54, 1.807) is 50.5 Å². The van der Waals surface area contributed by atoms with Gasteiger partial charge in [0.2, 0.25) is 5.82 Å². The van der Waals surface area contributed by atoms with Crippen LogP contribution < -0.4 is 5.32 Å². The molecule has 0 aliphatic heterocycles. The summed E-state index contributed by atoms with van der Waals surface area (Å²) in [7, 11) is 3.31. The van der Waals surface area contributed by atoms with Crippen molar-refractivity contribution >= 4 is 28.8 Å². The molecule has 2 aromatic carbocycles. The number of thiophene rings is 1. The van der Waals surface area contributed by atoms with Crippen LogP contribution in [0.1, 0.15) is 21.0 Å². The van der Waals surface area contributed by atoms with Crippen LogP contribution in [0.25, 0.3) is 16.4 Å². The van der Waals surface area contributed by atoms with E-state index in [2.05, 4.69) is 15.4 Å². The van der Waals surface area contributed by atoms with E-state index >= 15 is 0 Å². The first-order chi connectivity index (χ1) is 14.9. The van der Waals surface area contributed by atoms with Crippen LogP contribution in [-0.2, 0) is 0 Å². The Hall–Kier alpha value is -3.85. The monoisotopic (exact) mass is 435 g/mol. The van der Waals surface area contributed by atoms with Gasteiger partial charge in [-0.15, -0.1) is 16.4 Å². The molecule has 0 spiro atoms. The number of nitrogens with zero attached hydrogens (tertiary/aromatic N) is 4. The number of amides is 2. The van der Waals surface area contributed by atoms with Gasteiger partial charge in [-0.2, -0.15) is 0 Å². The minimum absolute atomic E-state index is 0.0722. The summed E-state index contributed by atoms with van der Waals surface area (Å²) >= 11 is 1.43. The number of anilines is 1. The summed E-state index contributed by atoms with van der Waals surface area (Å²) in [6.45, 7) is 0. The Balaban J connectivity index is 1.67. The van der Waals surface area contributed by atoms with E-state index in [4.69, 9.17) is 0 Å². The Morgan fingerprint density at radius 2 is 1.87 bits per heavy atom. The Kier molecular flexibility index (Phi) is 5.59. The zero-order valence-electron chi connectivity index (χ0n) is 16.7. The summed E-state index contributed by atoms with van der Waals surface area (Å²) in [6, 6.07) is 16.2. The van der Waals surface area contributed by atoms with Crippen molar-refractivity contribution in [3.8, 4) is 16.4 Å². The van der Waals surface area contributed by atoms with Crippen LogP contribution in [0.4, 0.5) is 10.1 Å². The third kappa shape index (κ3) is 4.36. The van der Waals surface area contributed by atoms with Crippen molar-refractivity contribution in [1.29, 1.82) is 0 Å². The van der Waals surface area contributed by atoms with Gasteiger partial charge >= 0.3 is 0 Å². The highest BCUT2D eigenvalue weighted by atomic mass is 32.1. The molecular formula is C22H18FN5O2S. The van der Waals surface area contributed by atoms with Crippen molar-refractivity contribution in [1.82, 2.24) is 19.7 Å². The summed E-state index contributed by atoms with van der Waals surface area (Å²) in [6.07, 6.45) is 0. The highest BCUT2D eigenvalue weighted by molar-refractivity contribution is 7.13. The van der Waals surface area contributed by atoms with Gasteiger partial charge in [-0.1, -0.05) is 18.2 Å². The topological polar surface area (TPSA) is 80.1 Å². The second-order valence-corrected chi connectivity index (χ2v) is 7.81. The van der Waals surface area contributed by atoms with Crippen molar-refractivity contribution in [2.75, 3.05) is 19.4 Å². The molecule has 2 aromatic heterocycles. The number of carbonyl (C=O) groups excluding carboxylic acids is 2. The molecule has 0 aliphatic carbocycles. The smallest absolute Gasteiger partial charge is 0.295 e. The van der Waals surface area contributed by atoms with Crippen LogP contribution in [0, 0.1) is 5.82 Å². The number of rotatable bonds is 5. The van der Waals surface area contributed by atoms with E-state index in [-0.39, 0.29) is 11.7 Å². The van der Waals surface area contributed by atoms with E-state index in [9.17, 15) is 14.0 Å². The highest BCUT2D eigenvalue weighted by Crippen LogP contribution is 2.26. The number of halogens is 1. The number of nitrogens with one attached hydrogen (secondary N) is 1. The molecule has 9 heteroatoms. The fraction of sp³-hybridized carbons (Fsp3) is 0.0909. The van der Waals surface area contributed by atoms with E-state index in [0.717, 1.165) is 4.88 Å². The molecule has 2 amide bonds. The van der Waals surface area contributed by atoms with E-state index in [1.165, 1.54) is 33.1 Å². The number of benzene rings is 2. The molecular weight excluding hydrogens is 417 g/mol. The molecule has 0 aliphatic rings. The maximum atomic E-state index is 13.8. The average molecular weight is 435 g/mol. The molecule has 4 rings (SSSR count). The lowest BCUT2D eigenvalue weighted by molar-refractivity contribution is 0.0827. The lowest BCUT2D eigenvalue weighted by Crippen LogP contribution is -2.22. The first kappa shape index (κ1) is 20.4. The second-order valence-electron chi connectivity index (χ2n) is 6.86. The summed E-state index contributed by atoms with van der Waals surface area (Å²) in [5.74, 6) is -0.773. The molecule has 0 atom stereocenters. The van der Waals surface area contributed by atoms with E-state index in [0.29, 0.717) is 22.8 Å². The highest BCUT2D eigenvalue weighted by Gasteiger charge is 2.20. The number of carbonyl (C=O) groups is 2. The van der Waals surface area contributed by atoms with Crippen molar-refractivity contribution in [2.24, 2.45) is 0 Å². The van der Waals surface area contributed by atoms with E-state index < -0.39 is 11.7 Å². The van der Waals surface area contributed by atoms with Crippen molar-refractivity contribution in [3.63, 3.8) is 0 Å². The molecule has 1 N–H and O–H groups in total. The summed E-state index contributed by atoms with van der Waals surface area (Å²) in [5.41, 5.74) is 1.34. The van der Waals surface area contributed by atoms with Crippen molar-refractivity contribution < 1.29 is 14.0 Å². The second kappa shape index (κ2) is 8.49. The predicted molar refractivity (Wildman–Crippen MR) is 117 cm³/mol. The average Bonchev–Trinajstić information content (AvgIpc) is 3.43. The molecule has 31 heavy (non-hydrogen) atoms. The van der Waals surface area contributed by atoms with Crippen molar-refractivity contribution in [3.05, 3.63) is 83.2 Å². The first-order valence-corrected chi connectivity index (χ1v) is 10.2. The van der Waals surface area contributed by atoms with Gasteiger partial charge in [-0.25, -0.2) is 14.1 Å². The number of aromatic nitrogens is 3. The van der Waals surface area contributed by atoms with Crippen LogP contribution in [-0.4, -0.2) is 45.6 Å². The molecule has 0 saturated carbocycles. The van der Waals surface area contributed by atoms with Crippen LogP contribution in [0.15, 0.2) is 66.0 Å². The van der Waals surface area contributed by atoms with Crippen LogP contribution >= 0.6 is 11.3 Å². The van der Waals surface area contributed by atoms with Gasteiger partial charge in [-0.3, -0.25) is 9.59 Å². The lowest BCUT2D eigenvalue weighted by Gasteiger charge is -2.11. The van der Waals surface area contributed by atoms with Crippen molar-refractivity contribution in [2.45, 2.75) is 0 Å². The van der Waals surface area contributed by atoms with Gasteiger partial charge < -0.3 is 10.2 Å². The number of hydrogen-bond donors (Lipinski definition) is 1. The lowest BCUT2D eigenvalue weighted by atomic mass is 10.2. The molecule has 156 valence electrons. The summed E-state index contributed by atoms with van der Waals surface area (Å²) in [5, 5.41) is 8.92. The Morgan fingerprint density at radius 3 is 2.58 bits per heavy atom. The van der Waals surface area contributed by atoms with Crippen LogP contribution in [0.3, 0.4) is 0 Å². The maximum absolute atomic E-state index is 13.8. The van der Waals surface area contributed by atoms with E-state index in [1.807, 2.05) is 17.5 Å². The minimum Gasteiger partial charge on any atom is -0.345 e. The molecule has 0 saturated heterocycles. The first-order valence-electron chi connectivity index (χ1n) is 9.32. The third-order valence-corrected chi connectivity index (χ3v) is 5.24. The fourth-order valence-corrected chi connectivity index (χ4v) is 3.64. The zero-order valence-corrected chi connectivity index (χ0v) is 17.6. The van der Waals surface area contributed by atoms with Crippen LogP contribution in [0.5, 0.6) is 0 Å². The standard InChI is InChI=1S/C22H18FN5O2S/c1-27(2)22(30)14-6-3-8-16(12-14)24-21(29)19-25-20(18-10-5-11-31-18)28(26-19)17-9-4-7-15(23)13-17/h3-13H,1-2H3,(H,24,29). The van der Waals surface area contributed by atoms with Gasteiger partial charge in [-0.05, 0) is 47.8 Å². The summed E-state index contributed by atoms with van der Waals surface area (Å²) in [4.78, 5) is 31.7. The van der Waals surface area contributed by atoms with Gasteiger partial charge in [0.25, 0.3) is 11.8 Å². The quantitative estimate of drug-likeness (QED) is 0.512. The predicted octanol–water partition coefficient (Wildman–Crippen LogP) is 4.09. The zero-order chi connectivity index (χ0) is 22.0. The molecule has 0 fully saturated rings. The van der Waals surface area contributed by atoms with Gasteiger partial charge in [0.1, 0.15) is 5.82 Å². The molecule has 7 nitrogen and oxygen atoms in total. The number of hydrogen-bond acceptors (Lipinski definition) is 5. The minimum atomic E-state index is -0.539. The molecule has 2 heterocycles. The molecule has 0 radical (unpaired) electrons. The fourth-order valence-electron chi connectivity index (χ4n) is 2.94. The Bertz CT molecular complexity index is 1250. The normalized spacial score (nSPS) is 10.7. The van der Waals surface area contributed by atoms with Crippen LogP contribution in [0.2, 0.25) is 0 Å². The molecule has 4 aromatic rings. The Labute approximate surface area is 181 Å². The molecule has 0 unspecified atom stereocenters. The van der Waals surface area contributed by atoms with Gasteiger partial charge in [0.15, 0.2) is 5.82 Å². The largest absolute Gasteiger partial charge is 0.345 e. The maximum Gasteiger partial charge on any atom is 0.295 e. The summed E-state index contributed by atoms with van der Waals surface area (Å²) < 4.78 is 15.2. The van der Waals surface area contributed by atoms with Gasteiger partial charge in [0.05, 0.1) is 10.6 Å². The SMILES string of the molecule is CN(C)C(=O)c1cccc(NC(=O)c2nc(-c3cccs3)n(-c3cccc(F)c3)n2)c1. The molecule has 0 bridgehead atoms.